The first kappa shape index (κ1) is 13.8. The maximum absolute atomic E-state index is 10.8. The maximum Gasteiger partial charge on any atom is 0.332 e. The molecule has 2 rings (SSSR count). The van der Waals surface area contributed by atoms with Gasteiger partial charge in [-0.15, -0.1) is 0 Å². The zero-order chi connectivity index (χ0) is 13.1. The van der Waals surface area contributed by atoms with E-state index in [9.17, 15) is 4.79 Å². The number of carboxylic acids is 1. The third kappa shape index (κ3) is 3.43. The first-order valence-corrected chi connectivity index (χ1v) is 6.88. The second-order valence-corrected chi connectivity index (χ2v) is 5.62. The fourth-order valence-corrected chi connectivity index (χ4v) is 2.81. The number of nitrogens with one attached hydrogen (secondary N) is 1. The van der Waals surface area contributed by atoms with E-state index >= 15 is 0 Å². The quantitative estimate of drug-likeness (QED) is 0.775. The largest absolute Gasteiger partial charge is 0.479 e. The number of carboxylic acid groups (broad SMARTS) is 1. The van der Waals surface area contributed by atoms with Gasteiger partial charge in [-0.25, -0.2) is 4.79 Å². The molecule has 4 unspecified atom stereocenters. The van der Waals surface area contributed by atoms with E-state index in [0.29, 0.717) is 18.5 Å². The molecule has 0 saturated carbocycles. The molecular weight excluding hydrogens is 232 g/mol. The summed E-state index contributed by atoms with van der Waals surface area (Å²) in [6.07, 6.45) is 3.30. The van der Waals surface area contributed by atoms with Crippen LogP contribution in [0, 0.1) is 0 Å². The maximum atomic E-state index is 10.8. The van der Waals surface area contributed by atoms with Crippen molar-refractivity contribution in [2.45, 2.75) is 56.9 Å². The molecule has 104 valence electrons. The summed E-state index contributed by atoms with van der Waals surface area (Å²) < 4.78 is 5.49. The van der Waals surface area contributed by atoms with Gasteiger partial charge in [-0.05, 0) is 46.2 Å². The molecule has 2 aliphatic heterocycles. The van der Waals surface area contributed by atoms with Crippen LogP contribution in [-0.2, 0) is 9.53 Å². The van der Waals surface area contributed by atoms with Gasteiger partial charge in [-0.3, -0.25) is 0 Å². The van der Waals surface area contributed by atoms with Crippen LogP contribution in [0.15, 0.2) is 0 Å². The summed E-state index contributed by atoms with van der Waals surface area (Å²) >= 11 is 0. The number of hydrogen-bond donors (Lipinski definition) is 2. The van der Waals surface area contributed by atoms with Gasteiger partial charge in [-0.2, -0.15) is 0 Å². The van der Waals surface area contributed by atoms with E-state index in [2.05, 4.69) is 24.2 Å². The van der Waals surface area contributed by atoms with Crippen molar-refractivity contribution in [3.8, 4) is 0 Å². The van der Waals surface area contributed by atoms with E-state index in [1.807, 2.05) is 0 Å². The summed E-state index contributed by atoms with van der Waals surface area (Å²) in [5.74, 6) is -0.828. The number of piperidine rings is 1. The molecule has 0 radical (unpaired) electrons. The minimum atomic E-state index is -0.828. The molecule has 0 aromatic carbocycles. The SMILES string of the molecule is CC1CC(NCC2CCC(C(=O)O)O2)CCN1C. The predicted molar refractivity (Wildman–Crippen MR) is 68.6 cm³/mol. The van der Waals surface area contributed by atoms with E-state index in [1.165, 1.54) is 0 Å². The molecule has 5 heteroatoms. The van der Waals surface area contributed by atoms with Crippen LogP contribution in [0.4, 0.5) is 0 Å². The number of nitrogens with zero attached hydrogens (tertiary/aromatic N) is 1. The lowest BCUT2D eigenvalue weighted by Crippen LogP contribution is -2.47. The Kier molecular flexibility index (Phi) is 4.59. The first-order valence-electron chi connectivity index (χ1n) is 6.88. The Bertz CT molecular complexity index is 298. The Morgan fingerprint density at radius 1 is 1.44 bits per heavy atom. The van der Waals surface area contributed by atoms with Gasteiger partial charge < -0.3 is 20.1 Å². The molecule has 0 bridgehead atoms. The normalized spacial score (nSPS) is 37.9. The van der Waals surface area contributed by atoms with Crippen LogP contribution in [0.1, 0.15) is 32.6 Å². The molecule has 5 nitrogen and oxygen atoms in total. The van der Waals surface area contributed by atoms with Crippen LogP contribution >= 0.6 is 0 Å². The molecule has 0 amide bonds. The molecular formula is C13H24N2O3. The lowest BCUT2D eigenvalue weighted by atomic mass is 9.99. The van der Waals surface area contributed by atoms with E-state index in [0.717, 1.165) is 32.4 Å². The lowest BCUT2D eigenvalue weighted by molar-refractivity contribution is -0.149. The lowest BCUT2D eigenvalue weighted by Gasteiger charge is -2.35. The van der Waals surface area contributed by atoms with Crippen LogP contribution in [-0.4, -0.2) is 60.4 Å². The Hall–Kier alpha value is -0.650. The van der Waals surface area contributed by atoms with Gasteiger partial charge in [0.2, 0.25) is 0 Å². The standard InChI is InChI=1S/C13H24N2O3/c1-9-7-10(5-6-15(9)2)14-8-11-3-4-12(18-11)13(16)17/h9-12,14H,3-8H2,1-2H3,(H,16,17). The van der Waals surface area contributed by atoms with Gasteiger partial charge in [0.05, 0.1) is 6.10 Å². The number of hydrogen-bond acceptors (Lipinski definition) is 4. The van der Waals surface area contributed by atoms with Crippen molar-refractivity contribution in [3.05, 3.63) is 0 Å². The van der Waals surface area contributed by atoms with Gasteiger partial charge in [-0.1, -0.05) is 0 Å². The highest BCUT2D eigenvalue weighted by atomic mass is 16.5. The van der Waals surface area contributed by atoms with E-state index < -0.39 is 12.1 Å². The Morgan fingerprint density at radius 2 is 2.22 bits per heavy atom. The highest BCUT2D eigenvalue weighted by Crippen LogP contribution is 2.20. The third-order valence-electron chi connectivity index (χ3n) is 4.23. The molecule has 2 fully saturated rings. The summed E-state index contributed by atoms with van der Waals surface area (Å²) in [6, 6.07) is 1.16. The molecule has 18 heavy (non-hydrogen) atoms. The topological polar surface area (TPSA) is 61.8 Å². The third-order valence-corrected chi connectivity index (χ3v) is 4.23. The highest BCUT2D eigenvalue weighted by Gasteiger charge is 2.31. The fraction of sp³-hybridized carbons (Fsp3) is 0.923. The average molecular weight is 256 g/mol. The smallest absolute Gasteiger partial charge is 0.332 e. The van der Waals surface area contributed by atoms with Crippen molar-refractivity contribution >= 4 is 5.97 Å². The van der Waals surface area contributed by atoms with Gasteiger partial charge in [0.1, 0.15) is 0 Å². The zero-order valence-electron chi connectivity index (χ0n) is 11.3. The van der Waals surface area contributed by atoms with Crippen LogP contribution in [0.5, 0.6) is 0 Å². The summed E-state index contributed by atoms with van der Waals surface area (Å²) in [5.41, 5.74) is 0. The summed E-state index contributed by atoms with van der Waals surface area (Å²) in [5, 5.41) is 12.4. The van der Waals surface area contributed by atoms with Crippen LogP contribution in [0.3, 0.4) is 0 Å². The highest BCUT2D eigenvalue weighted by molar-refractivity contribution is 5.72. The number of rotatable bonds is 4. The molecule has 2 aliphatic rings. The predicted octanol–water partition coefficient (Wildman–Crippen LogP) is 0.691. The minimum absolute atomic E-state index is 0.0704. The molecule has 0 aromatic rings. The Balaban J connectivity index is 1.68. The molecule has 2 N–H and O–H groups in total. The van der Waals surface area contributed by atoms with Crippen molar-refractivity contribution < 1.29 is 14.6 Å². The van der Waals surface area contributed by atoms with E-state index in [1.54, 1.807) is 0 Å². The van der Waals surface area contributed by atoms with Gasteiger partial charge in [0.15, 0.2) is 6.10 Å². The summed E-state index contributed by atoms with van der Waals surface area (Å²) in [4.78, 5) is 13.2. The molecule has 2 saturated heterocycles. The first-order chi connectivity index (χ1) is 8.56. The monoisotopic (exact) mass is 256 g/mol. The van der Waals surface area contributed by atoms with Crippen molar-refractivity contribution in [2.75, 3.05) is 20.1 Å². The van der Waals surface area contributed by atoms with Crippen LogP contribution in [0.25, 0.3) is 0 Å². The van der Waals surface area contributed by atoms with Gasteiger partial charge in [0, 0.05) is 18.6 Å². The molecule has 0 spiro atoms. The Labute approximate surface area is 108 Å². The summed E-state index contributed by atoms with van der Waals surface area (Å²) in [6.45, 7) is 4.16. The number of ether oxygens (including phenoxy) is 1. The second kappa shape index (κ2) is 5.99. The van der Waals surface area contributed by atoms with E-state index in [4.69, 9.17) is 9.84 Å². The van der Waals surface area contributed by atoms with Crippen molar-refractivity contribution in [2.24, 2.45) is 0 Å². The van der Waals surface area contributed by atoms with Crippen LogP contribution < -0.4 is 5.32 Å². The van der Waals surface area contributed by atoms with Crippen molar-refractivity contribution in [1.82, 2.24) is 10.2 Å². The number of aliphatic carboxylic acids is 1. The fourth-order valence-electron chi connectivity index (χ4n) is 2.81. The van der Waals surface area contributed by atoms with E-state index in [-0.39, 0.29) is 6.10 Å². The van der Waals surface area contributed by atoms with Gasteiger partial charge >= 0.3 is 5.97 Å². The summed E-state index contributed by atoms with van der Waals surface area (Å²) in [7, 11) is 2.17. The van der Waals surface area contributed by atoms with Crippen LogP contribution in [0.2, 0.25) is 0 Å². The minimum Gasteiger partial charge on any atom is -0.479 e. The second-order valence-electron chi connectivity index (χ2n) is 5.62. The molecule has 2 heterocycles. The zero-order valence-corrected chi connectivity index (χ0v) is 11.3. The number of likely N-dealkylation sites (tertiary alicyclic amines) is 1. The molecule has 4 atom stereocenters. The number of carbonyl (C=O) groups is 1. The Morgan fingerprint density at radius 3 is 2.83 bits per heavy atom. The molecule has 0 aliphatic carbocycles. The molecule has 0 aromatic heterocycles. The van der Waals surface area contributed by atoms with Crippen molar-refractivity contribution in [3.63, 3.8) is 0 Å². The van der Waals surface area contributed by atoms with Crippen molar-refractivity contribution in [1.29, 1.82) is 0 Å². The van der Waals surface area contributed by atoms with Gasteiger partial charge in [0.25, 0.3) is 0 Å². The average Bonchev–Trinajstić information content (AvgIpc) is 2.79.